The highest BCUT2D eigenvalue weighted by Crippen LogP contribution is 2.37. The Kier molecular flexibility index (Phi) is 4.28. The van der Waals surface area contributed by atoms with Crippen LogP contribution in [0.5, 0.6) is 0 Å². The lowest BCUT2D eigenvalue weighted by Crippen LogP contribution is -2.54. The second-order valence-corrected chi connectivity index (χ2v) is 6.21. The standard InChI is InChI=1S/C14H26N2O2/c1-12-10-16(9-8-15(12)2)11-14(13(17)18)6-4-3-5-7-14/h12H,3-11H2,1-2H3,(H,17,18). The zero-order chi connectivity index (χ0) is 13.2. The lowest BCUT2D eigenvalue weighted by Gasteiger charge is -2.43. The highest BCUT2D eigenvalue weighted by atomic mass is 16.4. The summed E-state index contributed by atoms with van der Waals surface area (Å²) in [5, 5.41) is 9.60. The number of carbonyl (C=O) groups is 1. The first-order chi connectivity index (χ1) is 8.53. The van der Waals surface area contributed by atoms with Gasteiger partial charge in [-0.25, -0.2) is 0 Å². The van der Waals surface area contributed by atoms with E-state index in [1.54, 1.807) is 0 Å². The molecule has 1 atom stereocenters. The van der Waals surface area contributed by atoms with Crippen molar-refractivity contribution in [1.29, 1.82) is 0 Å². The molecule has 1 saturated heterocycles. The van der Waals surface area contributed by atoms with E-state index in [1.165, 1.54) is 6.42 Å². The number of piperazine rings is 1. The van der Waals surface area contributed by atoms with E-state index >= 15 is 0 Å². The molecule has 0 aromatic rings. The minimum absolute atomic E-state index is 0.464. The predicted octanol–water partition coefficient (Wildman–Crippen LogP) is 1.66. The summed E-state index contributed by atoms with van der Waals surface area (Å²) in [6.07, 6.45) is 5.09. The molecule has 1 saturated carbocycles. The summed E-state index contributed by atoms with van der Waals surface area (Å²) in [5.74, 6) is -0.575. The van der Waals surface area contributed by atoms with E-state index in [4.69, 9.17) is 0 Å². The van der Waals surface area contributed by atoms with Gasteiger partial charge in [-0.15, -0.1) is 0 Å². The van der Waals surface area contributed by atoms with Crippen LogP contribution in [0.2, 0.25) is 0 Å². The average Bonchev–Trinajstić information content (AvgIpc) is 2.35. The molecule has 0 radical (unpaired) electrons. The molecule has 1 heterocycles. The number of hydrogen-bond acceptors (Lipinski definition) is 3. The molecule has 4 nitrogen and oxygen atoms in total. The van der Waals surface area contributed by atoms with Crippen molar-refractivity contribution in [1.82, 2.24) is 9.80 Å². The molecule has 18 heavy (non-hydrogen) atoms. The summed E-state index contributed by atoms with van der Waals surface area (Å²) in [5.41, 5.74) is -0.464. The van der Waals surface area contributed by atoms with Crippen molar-refractivity contribution in [3.05, 3.63) is 0 Å². The third-order valence-corrected chi connectivity index (χ3v) is 4.83. The van der Waals surface area contributed by atoms with E-state index in [0.717, 1.165) is 51.9 Å². The normalized spacial score (nSPS) is 30.2. The molecule has 2 fully saturated rings. The summed E-state index contributed by atoms with van der Waals surface area (Å²) in [7, 11) is 2.15. The first kappa shape index (κ1) is 13.8. The van der Waals surface area contributed by atoms with Gasteiger partial charge in [-0.05, 0) is 26.8 Å². The average molecular weight is 254 g/mol. The molecular weight excluding hydrogens is 228 g/mol. The van der Waals surface area contributed by atoms with Gasteiger partial charge >= 0.3 is 5.97 Å². The van der Waals surface area contributed by atoms with Crippen molar-refractivity contribution < 1.29 is 9.90 Å². The van der Waals surface area contributed by atoms with E-state index in [0.29, 0.717) is 6.04 Å². The van der Waals surface area contributed by atoms with Crippen LogP contribution in [0, 0.1) is 5.41 Å². The lowest BCUT2D eigenvalue weighted by molar-refractivity contribution is -0.153. The monoisotopic (exact) mass is 254 g/mol. The quantitative estimate of drug-likeness (QED) is 0.832. The lowest BCUT2D eigenvalue weighted by atomic mass is 9.73. The Morgan fingerprint density at radius 3 is 2.50 bits per heavy atom. The minimum atomic E-state index is -0.575. The van der Waals surface area contributed by atoms with E-state index in [2.05, 4.69) is 23.8 Å². The van der Waals surface area contributed by atoms with Crippen molar-refractivity contribution in [3.63, 3.8) is 0 Å². The highest BCUT2D eigenvalue weighted by Gasteiger charge is 2.41. The van der Waals surface area contributed by atoms with Crippen molar-refractivity contribution in [2.45, 2.75) is 45.1 Å². The van der Waals surface area contributed by atoms with Gasteiger partial charge in [0.15, 0.2) is 0 Å². The molecule has 0 aromatic carbocycles. The van der Waals surface area contributed by atoms with Gasteiger partial charge in [-0.1, -0.05) is 19.3 Å². The number of rotatable bonds is 3. The fraction of sp³-hybridized carbons (Fsp3) is 0.929. The molecule has 1 aliphatic heterocycles. The maximum absolute atomic E-state index is 11.7. The van der Waals surface area contributed by atoms with Gasteiger partial charge in [0, 0.05) is 32.2 Å². The smallest absolute Gasteiger partial charge is 0.310 e. The zero-order valence-electron chi connectivity index (χ0n) is 11.7. The Morgan fingerprint density at radius 2 is 1.94 bits per heavy atom. The highest BCUT2D eigenvalue weighted by molar-refractivity contribution is 5.75. The molecule has 0 bridgehead atoms. The van der Waals surface area contributed by atoms with Gasteiger partial charge < -0.3 is 10.0 Å². The van der Waals surface area contributed by atoms with Gasteiger partial charge in [0.25, 0.3) is 0 Å². The number of hydrogen-bond donors (Lipinski definition) is 1. The molecule has 0 spiro atoms. The number of likely N-dealkylation sites (N-methyl/N-ethyl adjacent to an activating group) is 1. The van der Waals surface area contributed by atoms with Crippen molar-refractivity contribution in [2.75, 3.05) is 33.2 Å². The number of carboxylic acids is 1. The molecule has 0 amide bonds. The molecule has 1 aliphatic carbocycles. The fourth-order valence-electron chi connectivity index (χ4n) is 3.36. The summed E-state index contributed by atoms with van der Waals surface area (Å²) in [6.45, 7) is 6.04. The van der Waals surface area contributed by atoms with Crippen LogP contribution in [0.15, 0.2) is 0 Å². The van der Waals surface area contributed by atoms with E-state index < -0.39 is 11.4 Å². The molecule has 2 rings (SSSR count). The Labute approximate surface area is 110 Å². The summed E-state index contributed by atoms with van der Waals surface area (Å²) < 4.78 is 0. The van der Waals surface area contributed by atoms with Gasteiger partial charge in [-0.3, -0.25) is 9.69 Å². The Bertz CT molecular complexity index is 300. The molecule has 2 aliphatic rings. The predicted molar refractivity (Wildman–Crippen MR) is 71.7 cm³/mol. The van der Waals surface area contributed by atoms with Crippen LogP contribution in [-0.4, -0.2) is 60.1 Å². The Morgan fingerprint density at radius 1 is 1.28 bits per heavy atom. The maximum Gasteiger partial charge on any atom is 0.310 e. The van der Waals surface area contributed by atoms with Gasteiger partial charge in [-0.2, -0.15) is 0 Å². The molecular formula is C14H26N2O2. The maximum atomic E-state index is 11.7. The first-order valence-corrected chi connectivity index (χ1v) is 7.19. The minimum Gasteiger partial charge on any atom is -0.481 e. The second-order valence-electron chi connectivity index (χ2n) is 6.21. The van der Waals surface area contributed by atoms with Gasteiger partial charge in [0.2, 0.25) is 0 Å². The van der Waals surface area contributed by atoms with E-state index in [9.17, 15) is 9.90 Å². The molecule has 104 valence electrons. The van der Waals surface area contributed by atoms with Crippen LogP contribution in [0.3, 0.4) is 0 Å². The van der Waals surface area contributed by atoms with Crippen LogP contribution in [0.1, 0.15) is 39.0 Å². The third kappa shape index (κ3) is 2.86. The number of aliphatic carboxylic acids is 1. The van der Waals surface area contributed by atoms with Gasteiger partial charge in [0.05, 0.1) is 5.41 Å². The number of carboxylic acid groups (broad SMARTS) is 1. The van der Waals surface area contributed by atoms with Crippen LogP contribution >= 0.6 is 0 Å². The molecule has 1 unspecified atom stereocenters. The molecule has 4 heteroatoms. The number of nitrogens with zero attached hydrogens (tertiary/aromatic N) is 2. The van der Waals surface area contributed by atoms with Crippen molar-refractivity contribution >= 4 is 5.97 Å². The third-order valence-electron chi connectivity index (χ3n) is 4.83. The largest absolute Gasteiger partial charge is 0.481 e. The Balaban J connectivity index is 1.99. The Hall–Kier alpha value is -0.610. The van der Waals surface area contributed by atoms with Gasteiger partial charge in [0.1, 0.15) is 0 Å². The summed E-state index contributed by atoms with van der Waals surface area (Å²) in [4.78, 5) is 16.4. The molecule has 1 N–H and O–H groups in total. The second kappa shape index (κ2) is 5.57. The zero-order valence-corrected chi connectivity index (χ0v) is 11.7. The van der Waals surface area contributed by atoms with Crippen LogP contribution < -0.4 is 0 Å². The van der Waals surface area contributed by atoms with Crippen LogP contribution in [0.25, 0.3) is 0 Å². The van der Waals surface area contributed by atoms with E-state index in [-0.39, 0.29) is 0 Å². The summed E-state index contributed by atoms with van der Waals surface area (Å²) >= 11 is 0. The SMILES string of the molecule is CC1CN(CC2(C(=O)O)CCCCC2)CCN1C. The molecule has 0 aromatic heterocycles. The topological polar surface area (TPSA) is 43.8 Å². The fourth-order valence-corrected chi connectivity index (χ4v) is 3.36. The first-order valence-electron chi connectivity index (χ1n) is 7.19. The van der Waals surface area contributed by atoms with Crippen LogP contribution in [0.4, 0.5) is 0 Å². The van der Waals surface area contributed by atoms with Crippen molar-refractivity contribution in [3.8, 4) is 0 Å². The van der Waals surface area contributed by atoms with Crippen molar-refractivity contribution in [2.24, 2.45) is 5.41 Å². The van der Waals surface area contributed by atoms with E-state index in [1.807, 2.05) is 0 Å². The van der Waals surface area contributed by atoms with Crippen LogP contribution in [-0.2, 0) is 4.79 Å². The summed E-state index contributed by atoms with van der Waals surface area (Å²) in [6, 6.07) is 0.535.